The van der Waals surface area contributed by atoms with Crippen LogP contribution in [0.3, 0.4) is 0 Å². The normalized spacial score (nSPS) is 23.1. The highest BCUT2D eigenvalue weighted by molar-refractivity contribution is 7.90. The van der Waals surface area contributed by atoms with Crippen LogP contribution in [0.25, 0.3) is 0 Å². The van der Waals surface area contributed by atoms with E-state index in [-0.39, 0.29) is 17.0 Å². The number of aliphatic hydroxyl groups excluding tert-OH is 1. The molecule has 0 radical (unpaired) electrons. The van der Waals surface area contributed by atoms with Gasteiger partial charge >= 0.3 is 6.03 Å². The number of urea groups is 1. The maximum atomic E-state index is 11.9. The number of hydrogen-bond donors (Lipinski definition) is 3. The van der Waals surface area contributed by atoms with Crippen LogP contribution in [0.5, 0.6) is 0 Å². The highest BCUT2D eigenvalue weighted by Crippen LogP contribution is 2.18. The third-order valence-electron chi connectivity index (χ3n) is 3.31. The molecule has 1 aliphatic carbocycles. The standard InChI is InChI=1S/C13H18N2O4S/c16-11-8-6-10(7-9-11)14-13(17)15-20(18,19)12-4-2-1-3-5-12/h1-5,10-11,16H,6-9H2,(H2,14,15,17). The lowest BCUT2D eigenvalue weighted by molar-refractivity contribution is 0.118. The van der Waals surface area contributed by atoms with Crippen molar-refractivity contribution >= 4 is 16.1 Å². The van der Waals surface area contributed by atoms with Crippen molar-refractivity contribution in [3.05, 3.63) is 30.3 Å². The summed E-state index contributed by atoms with van der Waals surface area (Å²) in [6, 6.07) is 6.91. The van der Waals surface area contributed by atoms with Gasteiger partial charge in [0.05, 0.1) is 11.0 Å². The SMILES string of the molecule is O=C(NC1CCC(O)CC1)NS(=O)(=O)c1ccccc1. The average molecular weight is 298 g/mol. The fourth-order valence-corrected chi connectivity index (χ4v) is 3.15. The van der Waals surface area contributed by atoms with Crippen molar-refractivity contribution in [2.45, 2.75) is 42.7 Å². The molecule has 0 saturated heterocycles. The van der Waals surface area contributed by atoms with Crippen molar-refractivity contribution < 1.29 is 18.3 Å². The molecule has 2 amide bonds. The predicted octanol–water partition coefficient (Wildman–Crippen LogP) is 0.978. The summed E-state index contributed by atoms with van der Waals surface area (Å²) in [5.74, 6) is 0. The second kappa shape index (κ2) is 6.23. The van der Waals surface area contributed by atoms with Crippen LogP contribution in [0.1, 0.15) is 25.7 Å². The Labute approximate surface area is 118 Å². The first-order valence-corrected chi connectivity index (χ1v) is 8.02. The fourth-order valence-electron chi connectivity index (χ4n) is 2.22. The topological polar surface area (TPSA) is 95.5 Å². The van der Waals surface area contributed by atoms with Crippen LogP contribution >= 0.6 is 0 Å². The van der Waals surface area contributed by atoms with Crippen LogP contribution in [-0.4, -0.2) is 31.7 Å². The largest absolute Gasteiger partial charge is 0.393 e. The van der Waals surface area contributed by atoms with Gasteiger partial charge in [0.1, 0.15) is 0 Å². The van der Waals surface area contributed by atoms with Gasteiger partial charge in [0, 0.05) is 6.04 Å². The molecule has 0 aliphatic heterocycles. The average Bonchev–Trinajstić information content (AvgIpc) is 2.42. The van der Waals surface area contributed by atoms with Gasteiger partial charge < -0.3 is 10.4 Å². The molecule has 110 valence electrons. The first-order chi connectivity index (χ1) is 9.47. The summed E-state index contributed by atoms with van der Waals surface area (Å²) in [6.45, 7) is 0. The van der Waals surface area contributed by atoms with Gasteiger partial charge in [0.15, 0.2) is 0 Å². The maximum Gasteiger partial charge on any atom is 0.328 e. The molecule has 0 unspecified atom stereocenters. The molecule has 7 heteroatoms. The molecule has 3 N–H and O–H groups in total. The van der Waals surface area contributed by atoms with Crippen LogP contribution < -0.4 is 10.0 Å². The first-order valence-electron chi connectivity index (χ1n) is 6.54. The van der Waals surface area contributed by atoms with Crippen molar-refractivity contribution in [1.29, 1.82) is 0 Å². The van der Waals surface area contributed by atoms with Crippen molar-refractivity contribution in [2.24, 2.45) is 0 Å². The minimum Gasteiger partial charge on any atom is -0.393 e. The van der Waals surface area contributed by atoms with Gasteiger partial charge in [-0.3, -0.25) is 0 Å². The van der Waals surface area contributed by atoms with Gasteiger partial charge in [-0.25, -0.2) is 17.9 Å². The Morgan fingerprint density at radius 1 is 1.10 bits per heavy atom. The Balaban J connectivity index is 1.91. The summed E-state index contributed by atoms with van der Waals surface area (Å²) < 4.78 is 25.8. The monoisotopic (exact) mass is 298 g/mol. The quantitative estimate of drug-likeness (QED) is 0.775. The zero-order valence-electron chi connectivity index (χ0n) is 11.0. The molecule has 0 aromatic heterocycles. The number of benzene rings is 1. The van der Waals surface area contributed by atoms with Gasteiger partial charge in [-0.1, -0.05) is 18.2 Å². The zero-order valence-corrected chi connectivity index (χ0v) is 11.8. The lowest BCUT2D eigenvalue weighted by atomic mass is 9.93. The van der Waals surface area contributed by atoms with E-state index in [0.29, 0.717) is 25.7 Å². The number of carbonyl (C=O) groups excluding carboxylic acids is 1. The van der Waals surface area contributed by atoms with E-state index < -0.39 is 16.1 Å². The molecular weight excluding hydrogens is 280 g/mol. The molecule has 2 rings (SSSR count). The van der Waals surface area contributed by atoms with Crippen LogP contribution in [0, 0.1) is 0 Å². The molecule has 1 saturated carbocycles. The number of hydrogen-bond acceptors (Lipinski definition) is 4. The molecule has 0 bridgehead atoms. The van der Waals surface area contributed by atoms with E-state index in [9.17, 15) is 18.3 Å². The third kappa shape index (κ3) is 3.94. The Hall–Kier alpha value is -1.60. The number of sulfonamides is 1. The van der Waals surface area contributed by atoms with Gasteiger partial charge in [-0.15, -0.1) is 0 Å². The van der Waals surface area contributed by atoms with E-state index >= 15 is 0 Å². The van der Waals surface area contributed by atoms with Crippen LogP contribution in [0.15, 0.2) is 35.2 Å². The molecule has 1 aliphatic rings. The van der Waals surface area contributed by atoms with Gasteiger partial charge in [-0.2, -0.15) is 0 Å². The molecule has 1 fully saturated rings. The fraction of sp³-hybridized carbons (Fsp3) is 0.462. The van der Waals surface area contributed by atoms with Gasteiger partial charge in [-0.05, 0) is 37.8 Å². The minimum atomic E-state index is -3.83. The van der Waals surface area contributed by atoms with Crippen molar-refractivity contribution in [1.82, 2.24) is 10.0 Å². The van der Waals surface area contributed by atoms with Crippen LogP contribution in [0.4, 0.5) is 4.79 Å². The molecule has 1 aromatic rings. The molecule has 1 aromatic carbocycles. The lowest BCUT2D eigenvalue weighted by Gasteiger charge is -2.26. The Morgan fingerprint density at radius 2 is 1.70 bits per heavy atom. The molecule has 0 heterocycles. The Kier molecular flexibility index (Phi) is 4.61. The predicted molar refractivity (Wildman–Crippen MR) is 73.6 cm³/mol. The summed E-state index contributed by atoms with van der Waals surface area (Å²) >= 11 is 0. The Bertz CT molecular complexity index is 551. The van der Waals surface area contributed by atoms with Crippen LogP contribution in [-0.2, 0) is 10.0 Å². The molecular formula is C13H18N2O4S. The highest BCUT2D eigenvalue weighted by Gasteiger charge is 2.23. The van der Waals surface area contributed by atoms with E-state index in [4.69, 9.17) is 0 Å². The van der Waals surface area contributed by atoms with Crippen LogP contribution in [0.2, 0.25) is 0 Å². The molecule has 6 nitrogen and oxygen atoms in total. The summed E-state index contributed by atoms with van der Waals surface area (Å²) in [7, 11) is -3.83. The molecule has 0 spiro atoms. The van der Waals surface area contributed by atoms with Crippen molar-refractivity contribution in [3.63, 3.8) is 0 Å². The second-order valence-corrected chi connectivity index (χ2v) is 6.58. The zero-order chi connectivity index (χ0) is 14.6. The summed E-state index contributed by atoms with van der Waals surface area (Å²) in [4.78, 5) is 11.8. The van der Waals surface area contributed by atoms with Crippen molar-refractivity contribution in [2.75, 3.05) is 0 Å². The van der Waals surface area contributed by atoms with Crippen molar-refractivity contribution in [3.8, 4) is 0 Å². The van der Waals surface area contributed by atoms with E-state index in [1.165, 1.54) is 12.1 Å². The van der Waals surface area contributed by atoms with E-state index in [1.54, 1.807) is 18.2 Å². The summed E-state index contributed by atoms with van der Waals surface area (Å²) in [5.41, 5.74) is 0. The van der Waals surface area contributed by atoms with E-state index in [1.807, 2.05) is 4.72 Å². The molecule has 20 heavy (non-hydrogen) atoms. The highest BCUT2D eigenvalue weighted by atomic mass is 32.2. The van der Waals surface area contributed by atoms with Gasteiger partial charge in [0.2, 0.25) is 0 Å². The lowest BCUT2D eigenvalue weighted by Crippen LogP contribution is -2.46. The summed E-state index contributed by atoms with van der Waals surface area (Å²) in [6.07, 6.45) is 2.23. The second-order valence-electron chi connectivity index (χ2n) is 4.90. The minimum absolute atomic E-state index is 0.0502. The number of nitrogens with one attached hydrogen (secondary N) is 2. The smallest absolute Gasteiger partial charge is 0.328 e. The first kappa shape index (κ1) is 14.8. The molecule has 0 atom stereocenters. The van der Waals surface area contributed by atoms with Gasteiger partial charge in [0.25, 0.3) is 10.0 Å². The van der Waals surface area contributed by atoms with E-state index in [2.05, 4.69) is 5.32 Å². The maximum absolute atomic E-state index is 11.9. The number of carbonyl (C=O) groups is 1. The number of rotatable bonds is 3. The number of aliphatic hydroxyl groups is 1. The Morgan fingerprint density at radius 3 is 2.30 bits per heavy atom. The number of amides is 2. The summed E-state index contributed by atoms with van der Waals surface area (Å²) in [5, 5.41) is 12.0. The van der Waals surface area contributed by atoms with E-state index in [0.717, 1.165) is 0 Å². The third-order valence-corrected chi connectivity index (χ3v) is 4.66.